The van der Waals surface area contributed by atoms with Crippen LogP contribution in [0.25, 0.3) is 11.1 Å². The van der Waals surface area contributed by atoms with E-state index in [4.69, 9.17) is 0 Å². The molecule has 2 N–H and O–H groups in total. The lowest BCUT2D eigenvalue weighted by Crippen LogP contribution is -2.44. The number of nitrogens with zero attached hydrogens (tertiary/aromatic N) is 1. The molecule has 5 heteroatoms. The Bertz CT molecular complexity index is 1050. The molecule has 0 bridgehead atoms. The first-order valence-corrected chi connectivity index (χ1v) is 10.9. The summed E-state index contributed by atoms with van der Waals surface area (Å²) in [6.07, 6.45) is 1.97. The molecule has 1 aromatic heterocycles. The summed E-state index contributed by atoms with van der Waals surface area (Å²) in [4.78, 5) is 30.6. The minimum atomic E-state index is -0.0705. The van der Waals surface area contributed by atoms with Crippen molar-refractivity contribution in [1.29, 1.82) is 0 Å². The first kappa shape index (κ1) is 20.9. The number of rotatable bonds is 5. The predicted octanol–water partition coefficient (Wildman–Crippen LogP) is 4.58. The van der Waals surface area contributed by atoms with E-state index in [1.807, 2.05) is 67.3 Å². The van der Waals surface area contributed by atoms with Gasteiger partial charge >= 0.3 is 0 Å². The highest BCUT2D eigenvalue weighted by molar-refractivity contribution is 5.95. The Kier molecular flexibility index (Phi) is 6.21. The second kappa shape index (κ2) is 9.21. The van der Waals surface area contributed by atoms with Gasteiger partial charge in [-0.15, -0.1) is 0 Å². The number of hydrogen-bond donors (Lipinski definition) is 2. The number of aryl methyl sites for hydroxylation is 2. The van der Waals surface area contributed by atoms with Gasteiger partial charge in [-0.2, -0.15) is 0 Å². The Morgan fingerprint density at radius 2 is 1.74 bits per heavy atom. The highest BCUT2D eigenvalue weighted by Crippen LogP contribution is 2.21. The smallest absolute Gasteiger partial charge is 0.270 e. The number of H-pyrrole nitrogens is 1. The standard InChI is InChI=1S/C26H29N3O2/c1-18-15-19(2)28-24(18)26(31)29-14-6-7-20(17-29)16-27-25(30)23-12-10-22(11-13-23)21-8-4-3-5-9-21/h3-5,8-13,15,20,28H,6-7,14,16-17H2,1-2H3,(H,27,30)/t20-/m1/s1. The molecule has 0 unspecified atom stereocenters. The Morgan fingerprint density at radius 3 is 2.42 bits per heavy atom. The number of carbonyl (C=O) groups excluding carboxylic acids is 2. The first-order chi connectivity index (χ1) is 15.0. The summed E-state index contributed by atoms with van der Waals surface area (Å²) in [6.45, 7) is 5.93. The molecule has 0 saturated carbocycles. The van der Waals surface area contributed by atoms with E-state index in [-0.39, 0.29) is 17.7 Å². The van der Waals surface area contributed by atoms with Crippen LogP contribution in [0, 0.1) is 19.8 Å². The van der Waals surface area contributed by atoms with Crippen molar-refractivity contribution >= 4 is 11.8 Å². The van der Waals surface area contributed by atoms with E-state index in [1.165, 1.54) is 0 Å². The molecule has 2 amide bonds. The topological polar surface area (TPSA) is 65.2 Å². The van der Waals surface area contributed by atoms with Crippen LogP contribution < -0.4 is 5.32 Å². The fourth-order valence-electron chi connectivity index (χ4n) is 4.31. The molecule has 31 heavy (non-hydrogen) atoms. The lowest BCUT2D eigenvalue weighted by Gasteiger charge is -2.32. The molecule has 2 aromatic carbocycles. The third-order valence-corrected chi connectivity index (χ3v) is 5.98. The molecule has 3 aromatic rings. The van der Waals surface area contributed by atoms with Gasteiger partial charge in [0.1, 0.15) is 5.69 Å². The van der Waals surface area contributed by atoms with Crippen LogP contribution in [0.15, 0.2) is 60.7 Å². The summed E-state index contributed by atoms with van der Waals surface area (Å²) in [5.41, 5.74) is 5.54. The van der Waals surface area contributed by atoms with Crippen molar-refractivity contribution in [1.82, 2.24) is 15.2 Å². The fourth-order valence-corrected chi connectivity index (χ4v) is 4.31. The molecular formula is C26H29N3O2. The summed E-state index contributed by atoms with van der Waals surface area (Å²) < 4.78 is 0. The molecule has 1 aliphatic heterocycles. The minimum Gasteiger partial charge on any atom is -0.354 e. The third kappa shape index (κ3) is 4.88. The highest BCUT2D eigenvalue weighted by Gasteiger charge is 2.26. The molecule has 0 aliphatic carbocycles. The molecule has 4 rings (SSSR count). The van der Waals surface area contributed by atoms with Gasteiger partial charge in [-0.1, -0.05) is 42.5 Å². The van der Waals surface area contributed by atoms with Gasteiger partial charge in [-0.05, 0) is 67.5 Å². The maximum atomic E-state index is 12.9. The van der Waals surface area contributed by atoms with E-state index in [0.29, 0.717) is 24.3 Å². The van der Waals surface area contributed by atoms with E-state index in [1.54, 1.807) is 0 Å². The SMILES string of the molecule is Cc1cc(C)c(C(=O)N2CCC[C@H](CNC(=O)c3ccc(-c4ccccc4)cc3)C2)[nH]1. The zero-order valence-electron chi connectivity index (χ0n) is 18.2. The maximum absolute atomic E-state index is 12.9. The third-order valence-electron chi connectivity index (χ3n) is 5.98. The number of piperidine rings is 1. The number of aromatic amines is 1. The zero-order chi connectivity index (χ0) is 21.8. The molecule has 0 spiro atoms. The second-order valence-corrected chi connectivity index (χ2v) is 8.42. The number of amides is 2. The molecule has 1 saturated heterocycles. The highest BCUT2D eigenvalue weighted by atomic mass is 16.2. The first-order valence-electron chi connectivity index (χ1n) is 10.9. The van der Waals surface area contributed by atoms with Crippen molar-refractivity contribution in [2.75, 3.05) is 19.6 Å². The van der Waals surface area contributed by atoms with Gasteiger partial charge in [0, 0.05) is 30.9 Å². The van der Waals surface area contributed by atoms with E-state index < -0.39 is 0 Å². The normalized spacial score (nSPS) is 16.2. The van der Waals surface area contributed by atoms with Gasteiger partial charge in [0.05, 0.1) is 0 Å². The van der Waals surface area contributed by atoms with E-state index in [2.05, 4.69) is 22.4 Å². The zero-order valence-corrected chi connectivity index (χ0v) is 18.2. The van der Waals surface area contributed by atoms with E-state index >= 15 is 0 Å². The lowest BCUT2D eigenvalue weighted by molar-refractivity contribution is 0.0665. The molecule has 5 nitrogen and oxygen atoms in total. The van der Waals surface area contributed by atoms with E-state index in [0.717, 1.165) is 41.8 Å². The van der Waals surface area contributed by atoms with Crippen molar-refractivity contribution in [3.63, 3.8) is 0 Å². The Labute approximate surface area is 183 Å². The minimum absolute atomic E-state index is 0.0538. The Morgan fingerprint density at radius 1 is 1.03 bits per heavy atom. The van der Waals surface area contributed by atoms with Crippen LogP contribution >= 0.6 is 0 Å². The van der Waals surface area contributed by atoms with Crippen molar-refractivity contribution in [3.8, 4) is 11.1 Å². The largest absolute Gasteiger partial charge is 0.354 e. The van der Waals surface area contributed by atoms with Crippen molar-refractivity contribution in [3.05, 3.63) is 83.2 Å². The molecule has 2 heterocycles. The summed E-state index contributed by atoms with van der Waals surface area (Å²) in [7, 11) is 0. The fraction of sp³-hybridized carbons (Fsp3) is 0.308. The van der Waals surface area contributed by atoms with Crippen LogP contribution in [0.2, 0.25) is 0 Å². The van der Waals surface area contributed by atoms with Gasteiger partial charge in [-0.25, -0.2) is 0 Å². The molecule has 1 aliphatic rings. The number of carbonyl (C=O) groups is 2. The molecule has 1 fully saturated rings. The molecular weight excluding hydrogens is 386 g/mol. The second-order valence-electron chi connectivity index (χ2n) is 8.42. The Balaban J connectivity index is 1.33. The van der Waals surface area contributed by atoms with Crippen LogP contribution in [0.1, 0.15) is 44.9 Å². The summed E-state index contributed by atoms with van der Waals surface area (Å²) >= 11 is 0. The van der Waals surface area contributed by atoms with Crippen LogP contribution in [0.5, 0.6) is 0 Å². The van der Waals surface area contributed by atoms with Crippen molar-refractivity contribution < 1.29 is 9.59 Å². The predicted molar refractivity (Wildman–Crippen MR) is 123 cm³/mol. The van der Waals surface area contributed by atoms with Crippen LogP contribution in [-0.2, 0) is 0 Å². The molecule has 160 valence electrons. The molecule has 0 radical (unpaired) electrons. The van der Waals surface area contributed by atoms with Gasteiger partial charge in [-0.3, -0.25) is 9.59 Å². The monoisotopic (exact) mass is 415 g/mol. The van der Waals surface area contributed by atoms with Crippen LogP contribution in [0.4, 0.5) is 0 Å². The van der Waals surface area contributed by atoms with Gasteiger partial charge < -0.3 is 15.2 Å². The quantitative estimate of drug-likeness (QED) is 0.641. The average Bonchev–Trinajstić information content (AvgIpc) is 3.15. The molecule has 1 atom stereocenters. The number of aromatic nitrogens is 1. The summed E-state index contributed by atoms with van der Waals surface area (Å²) in [6, 6.07) is 19.8. The van der Waals surface area contributed by atoms with Crippen molar-refractivity contribution in [2.24, 2.45) is 5.92 Å². The van der Waals surface area contributed by atoms with Gasteiger partial charge in [0.2, 0.25) is 0 Å². The number of benzene rings is 2. The van der Waals surface area contributed by atoms with Crippen LogP contribution in [0.3, 0.4) is 0 Å². The number of nitrogens with one attached hydrogen (secondary N) is 2. The average molecular weight is 416 g/mol. The lowest BCUT2D eigenvalue weighted by atomic mass is 9.97. The summed E-state index contributed by atoms with van der Waals surface area (Å²) in [5, 5.41) is 3.06. The maximum Gasteiger partial charge on any atom is 0.270 e. The number of likely N-dealkylation sites (tertiary alicyclic amines) is 1. The van der Waals surface area contributed by atoms with Gasteiger partial charge in [0.15, 0.2) is 0 Å². The summed E-state index contributed by atoms with van der Waals surface area (Å²) in [5.74, 6) is 0.249. The number of hydrogen-bond acceptors (Lipinski definition) is 2. The van der Waals surface area contributed by atoms with E-state index in [9.17, 15) is 9.59 Å². The van der Waals surface area contributed by atoms with Crippen molar-refractivity contribution in [2.45, 2.75) is 26.7 Å². The van der Waals surface area contributed by atoms with Crippen LogP contribution in [-0.4, -0.2) is 41.3 Å². The Hall–Kier alpha value is -3.34. The van der Waals surface area contributed by atoms with Gasteiger partial charge in [0.25, 0.3) is 11.8 Å².